The fourth-order valence-electron chi connectivity index (χ4n) is 2.86. The second-order valence-electron chi connectivity index (χ2n) is 6.16. The molecule has 0 saturated heterocycles. The van der Waals surface area contributed by atoms with E-state index in [0.29, 0.717) is 6.61 Å². The van der Waals surface area contributed by atoms with Gasteiger partial charge in [-0.05, 0) is 31.5 Å². The topological polar surface area (TPSA) is 51.7 Å². The molecule has 3 rings (SSSR count). The van der Waals surface area contributed by atoms with Crippen molar-refractivity contribution in [3.8, 4) is 17.0 Å². The Morgan fingerprint density at radius 2 is 2.24 bits per heavy atom. The highest BCUT2D eigenvalue weighted by Gasteiger charge is 2.31. The number of methoxy groups -OCH3 is 1. The molecule has 1 amide bonds. The minimum atomic E-state index is -0.435. The maximum atomic E-state index is 12.5. The first kappa shape index (κ1) is 17.9. The Labute approximate surface area is 152 Å². The van der Waals surface area contributed by atoms with Crippen LogP contribution < -0.4 is 9.64 Å². The van der Waals surface area contributed by atoms with Crippen LogP contribution in [-0.4, -0.2) is 37.3 Å². The Hall–Kier alpha value is -1.92. The summed E-state index contributed by atoms with van der Waals surface area (Å²) >= 11 is 1.63. The number of hydrogen-bond donors (Lipinski definition) is 0. The number of hydrogen-bond acceptors (Lipinski definition) is 5. The quantitative estimate of drug-likeness (QED) is 0.751. The molecule has 0 bridgehead atoms. The largest absolute Gasteiger partial charge is 0.479 e. The number of ether oxygens (including phenoxy) is 2. The van der Waals surface area contributed by atoms with E-state index in [1.807, 2.05) is 23.1 Å². The van der Waals surface area contributed by atoms with Crippen LogP contribution in [0.2, 0.25) is 0 Å². The lowest BCUT2D eigenvalue weighted by molar-refractivity contribution is -0.125. The predicted molar refractivity (Wildman–Crippen MR) is 100 cm³/mol. The summed E-state index contributed by atoms with van der Waals surface area (Å²) in [4.78, 5) is 19.1. The molecule has 0 saturated carbocycles. The molecule has 0 fully saturated rings. The second kappa shape index (κ2) is 7.97. The van der Waals surface area contributed by atoms with Gasteiger partial charge < -0.3 is 14.4 Å². The van der Waals surface area contributed by atoms with Crippen molar-refractivity contribution in [1.29, 1.82) is 0 Å². The lowest BCUT2D eigenvalue weighted by Gasteiger charge is -2.33. The molecule has 5 nitrogen and oxygen atoms in total. The fraction of sp³-hybridized carbons (Fsp3) is 0.474. The standard InChI is InChI=1S/C19H24N2O3S/c1-4-5-9-21-16-11-14(6-7-17(16)24-13(2)19(21)22)15-12-25-18(20-15)8-10-23-3/h6-7,11-13H,4-5,8-10H2,1-3H3. The summed E-state index contributed by atoms with van der Waals surface area (Å²) in [6.45, 7) is 5.32. The Morgan fingerprint density at radius 3 is 3.00 bits per heavy atom. The van der Waals surface area contributed by atoms with Crippen LogP contribution in [0, 0.1) is 0 Å². The normalized spacial score (nSPS) is 16.7. The molecule has 25 heavy (non-hydrogen) atoms. The Balaban J connectivity index is 1.90. The van der Waals surface area contributed by atoms with Gasteiger partial charge in [0.05, 0.1) is 23.0 Å². The number of thiazole rings is 1. The van der Waals surface area contributed by atoms with Gasteiger partial charge in [-0.1, -0.05) is 13.3 Å². The van der Waals surface area contributed by atoms with E-state index in [1.165, 1.54) is 0 Å². The molecular weight excluding hydrogens is 336 g/mol. The summed E-state index contributed by atoms with van der Waals surface area (Å²) in [5.74, 6) is 0.791. The Morgan fingerprint density at radius 1 is 1.40 bits per heavy atom. The van der Waals surface area contributed by atoms with E-state index in [2.05, 4.69) is 17.3 Å². The van der Waals surface area contributed by atoms with Crippen molar-refractivity contribution >= 4 is 22.9 Å². The summed E-state index contributed by atoms with van der Waals surface area (Å²) in [6, 6.07) is 5.97. The molecule has 1 aliphatic rings. The van der Waals surface area contributed by atoms with Crippen LogP contribution in [0.1, 0.15) is 31.7 Å². The first-order valence-electron chi connectivity index (χ1n) is 8.69. The number of aromatic nitrogens is 1. The third kappa shape index (κ3) is 3.85. The maximum absolute atomic E-state index is 12.5. The van der Waals surface area contributed by atoms with E-state index in [1.54, 1.807) is 25.4 Å². The molecule has 0 spiro atoms. The molecule has 6 heteroatoms. The van der Waals surface area contributed by atoms with Crippen LogP contribution in [-0.2, 0) is 16.0 Å². The summed E-state index contributed by atoms with van der Waals surface area (Å²) in [7, 11) is 1.70. The molecule has 0 N–H and O–H groups in total. The number of anilines is 1. The average molecular weight is 360 g/mol. The molecule has 1 aromatic heterocycles. The maximum Gasteiger partial charge on any atom is 0.267 e. The molecule has 1 unspecified atom stereocenters. The van der Waals surface area contributed by atoms with Crippen LogP contribution in [0.3, 0.4) is 0 Å². The summed E-state index contributed by atoms with van der Waals surface area (Å²) in [5, 5.41) is 3.11. The lowest BCUT2D eigenvalue weighted by Crippen LogP contribution is -2.44. The second-order valence-corrected chi connectivity index (χ2v) is 7.10. The fourth-order valence-corrected chi connectivity index (χ4v) is 3.65. The van der Waals surface area contributed by atoms with Crippen molar-refractivity contribution in [2.45, 2.75) is 39.2 Å². The van der Waals surface area contributed by atoms with Gasteiger partial charge in [0.25, 0.3) is 5.91 Å². The van der Waals surface area contributed by atoms with Gasteiger partial charge in [0.2, 0.25) is 0 Å². The van der Waals surface area contributed by atoms with Crippen molar-refractivity contribution in [2.24, 2.45) is 0 Å². The first-order valence-corrected chi connectivity index (χ1v) is 9.57. The van der Waals surface area contributed by atoms with E-state index in [9.17, 15) is 4.79 Å². The number of rotatable bonds is 7. The zero-order valence-electron chi connectivity index (χ0n) is 14.9. The smallest absolute Gasteiger partial charge is 0.267 e. The highest BCUT2D eigenvalue weighted by atomic mass is 32.1. The molecule has 1 aliphatic heterocycles. The first-order chi connectivity index (χ1) is 12.1. The third-order valence-electron chi connectivity index (χ3n) is 4.27. The van der Waals surface area contributed by atoms with Crippen LogP contribution in [0.5, 0.6) is 5.75 Å². The van der Waals surface area contributed by atoms with Crippen LogP contribution >= 0.6 is 11.3 Å². The van der Waals surface area contributed by atoms with Crippen LogP contribution in [0.25, 0.3) is 11.3 Å². The van der Waals surface area contributed by atoms with Gasteiger partial charge in [-0.3, -0.25) is 4.79 Å². The van der Waals surface area contributed by atoms with E-state index in [-0.39, 0.29) is 5.91 Å². The number of amides is 1. The monoisotopic (exact) mass is 360 g/mol. The number of nitrogens with zero attached hydrogens (tertiary/aromatic N) is 2. The van der Waals surface area contributed by atoms with Crippen molar-refractivity contribution in [3.05, 3.63) is 28.6 Å². The zero-order chi connectivity index (χ0) is 17.8. The highest BCUT2D eigenvalue weighted by Crippen LogP contribution is 2.38. The van der Waals surface area contributed by atoms with Crippen LogP contribution in [0.15, 0.2) is 23.6 Å². The van der Waals surface area contributed by atoms with Crippen LogP contribution in [0.4, 0.5) is 5.69 Å². The molecule has 2 heterocycles. The summed E-state index contributed by atoms with van der Waals surface area (Å²) in [6.07, 6.45) is 2.40. The molecule has 2 aromatic rings. The molecule has 0 aliphatic carbocycles. The number of unbranched alkanes of at least 4 members (excludes halogenated alkanes) is 1. The van der Waals surface area contributed by atoms with E-state index in [0.717, 1.165) is 53.5 Å². The SMILES string of the molecule is CCCCN1C(=O)C(C)Oc2ccc(-c3csc(CCOC)n3)cc21. The third-order valence-corrected chi connectivity index (χ3v) is 5.18. The number of benzene rings is 1. The van der Waals surface area contributed by atoms with Crippen molar-refractivity contribution in [2.75, 3.05) is 25.2 Å². The van der Waals surface area contributed by atoms with Gasteiger partial charge >= 0.3 is 0 Å². The minimum absolute atomic E-state index is 0.0251. The summed E-state index contributed by atoms with van der Waals surface area (Å²) < 4.78 is 10.9. The van der Waals surface area contributed by atoms with Gasteiger partial charge in [0.15, 0.2) is 6.10 Å². The molecular formula is C19H24N2O3S. The average Bonchev–Trinajstić information content (AvgIpc) is 3.09. The van der Waals surface area contributed by atoms with Gasteiger partial charge in [-0.15, -0.1) is 11.3 Å². The molecule has 1 aromatic carbocycles. The van der Waals surface area contributed by atoms with Gasteiger partial charge in [0.1, 0.15) is 5.75 Å². The van der Waals surface area contributed by atoms with Crippen molar-refractivity contribution in [3.63, 3.8) is 0 Å². The minimum Gasteiger partial charge on any atom is -0.479 e. The lowest BCUT2D eigenvalue weighted by atomic mass is 10.1. The highest BCUT2D eigenvalue weighted by molar-refractivity contribution is 7.09. The zero-order valence-corrected chi connectivity index (χ0v) is 15.8. The Kier molecular flexibility index (Phi) is 5.71. The van der Waals surface area contributed by atoms with Gasteiger partial charge in [-0.25, -0.2) is 4.98 Å². The summed E-state index contributed by atoms with van der Waals surface area (Å²) in [5.41, 5.74) is 2.78. The van der Waals surface area contributed by atoms with Crippen molar-refractivity contribution in [1.82, 2.24) is 4.98 Å². The molecule has 1 atom stereocenters. The molecule has 0 radical (unpaired) electrons. The van der Waals surface area contributed by atoms with Crippen molar-refractivity contribution < 1.29 is 14.3 Å². The van der Waals surface area contributed by atoms with Gasteiger partial charge in [-0.2, -0.15) is 0 Å². The van der Waals surface area contributed by atoms with E-state index in [4.69, 9.17) is 9.47 Å². The van der Waals surface area contributed by atoms with E-state index < -0.39 is 6.10 Å². The molecule has 134 valence electrons. The number of carbonyl (C=O) groups excluding carboxylic acids is 1. The van der Waals surface area contributed by atoms with E-state index >= 15 is 0 Å². The Bertz CT molecular complexity index is 744. The number of carbonyl (C=O) groups is 1. The van der Waals surface area contributed by atoms with Gasteiger partial charge in [0, 0.05) is 31.0 Å². The predicted octanol–water partition coefficient (Wildman–Crippen LogP) is 3.91. The number of fused-ring (bicyclic) bond motifs is 1.